The van der Waals surface area contributed by atoms with Crippen LogP contribution in [0.5, 0.6) is 0 Å². The predicted octanol–water partition coefficient (Wildman–Crippen LogP) is 5.25. The largest absolute Gasteiger partial charge is 0.374 e. The molecular formula is C30H34O6. The minimum atomic E-state index is -0.784. The van der Waals surface area contributed by atoms with E-state index in [9.17, 15) is 0 Å². The van der Waals surface area contributed by atoms with Crippen molar-refractivity contribution in [3.63, 3.8) is 0 Å². The van der Waals surface area contributed by atoms with Crippen LogP contribution in [0.25, 0.3) is 0 Å². The molecule has 0 saturated carbocycles. The Bertz CT molecular complexity index is 1060. The van der Waals surface area contributed by atoms with E-state index in [-0.39, 0.29) is 0 Å². The van der Waals surface area contributed by atoms with Crippen molar-refractivity contribution in [2.75, 3.05) is 6.61 Å². The molecule has 0 aromatic heterocycles. The molecule has 0 unspecified atom stereocenters. The maximum atomic E-state index is 6.51. The Labute approximate surface area is 213 Å². The van der Waals surface area contributed by atoms with Crippen LogP contribution in [0.3, 0.4) is 0 Å². The molecule has 2 saturated heterocycles. The SMILES string of the molecule is CC1(C)O[C@@H]2O[C@H](COCc3ccccc3)[C@@H](OCc3ccccc3)[C@H](OCc3ccccc3)[C@@H]2O1. The maximum absolute atomic E-state index is 6.51. The summed E-state index contributed by atoms with van der Waals surface area (Å²) in [6, 6.07) is 30.3. The zero-order valence-electron chi connectivity index (χ0n) is 20.8. The fourth-order valence-corrected chi connectivity index (χ4v) is 4.66. The molecule has 5 atom stereocenters. The highest BCUT2D eigenvalue weighted by Crippen LogP contribution is 2.39. The Morgan fingerprint density at radius 2 is 1.14 bits per heavy atom. The molecule has 190 valence electrons. The second kappa shape index (κ2) is 11.6. The molecule has 6 heteroatoms. The number of hydrogen-bond acceptors (Lipinski definition) is 6. The van der Waals surface area contributed by atoms with Crippen LogP contribution in [0.2, 0.25) is 0 Å². The smallest absolute Gasteiger partial charge is 0.190 e. The summed E-state index contributed by atoms with van der Waals surface area (Å²) in [5, 5.41) is 0. The van der Waals surface area contributed by atoms with Gasteiger partial charge in [-0.2, -0.15) is 0 Å². The molecule has 0 spiro atoms. The highest BCUT2D eigenvalue weighted by Gasteiger charge is 2.55. The van der Waals surface area contributed by atoms with Crippen molar-refractivity contribution >= 4 is 0 Å². The Kier molecular flexibility index (Phi) is 8.12. The monoisotopic (exact) mass is 490 g/mol. The molecule has 2 fully saturated rings. The summed E-state index contributed by atoms with van der Waals surface area (Å²) >= 11 is 0. The minimum absolute atomic E-state index is 0.340. The first-order valence-corrected chi connectivity index (χ1v) is 12.5. The molecule has 3 aromatic carbocycles. The lowest BCUT2D eigenvalue weighted by Crippen LogP contribution is -2.59. The minimum Gasteiger partial charge on any atom is -0.374 e. The predicted molar refractivity (Wildman–Crippen MR) is 135 cm³/mol. The van der Waals surface area contributed by atoms with Gasteiger partial charge in [0.25, 0.3) is 0 Å². The molecular weight excluding hydrogens is 456 g/mol. The lowest BCUT2D eigenvalue weighted by molar-refractivity contribution is -0.279. The molecule has 36 heavy (non-hydrogen) atoms. The summed E-state index contributed by atoms with van der Waals surface area (Å²) in [5.74, 6) is -0.784. The van der Waals surface area contributed by atoms with Gasteiger partial charge < -0.3 is 28.4 Å². The van der Waals surface area contributed by atoms with Gasteiger partial charge >= 0.3 is 0 Å². The lowest BCUT2D eigenvalue weighted by Gasteiger charge is -2.42. The van der Waals surface area contributed by atoms with Gasteiger partial charge in [0.2, 0.25) is 0 Å². The maximum Gasteiger partial charge on any atom is 0.190 e. The van der Waals surface area contributed by atoms with Gasteiger partial charge in [-0.05, 0) is 30.5 Å². The van der Waals surface area contributed by atoms with Gasteiger partial charge in [-0.1, -0.05) is 91.0 Å². The fourth-order valence-electron chi connectivity index (χ4n) is 4.66. The van der Waals surface area contributed by atoms with E-state index in [1.807, 2.05) is 105 Å². The van der Waals surface area contributed by atoms with Crippen molar-refractivity contribution < 1.29 is 28.4 Å². The standard InChI is InChI=1S/C30H34O6/c1-30(2)35-28-27(33-20-24-16-10-5-11-17-24)26(32-19-23-14-8-4-9-15-23)25(34-29(28)36-30)21-31-18-22-12-6-3-7-13-22/h3-17,25-29H,18-21H2,1-2H3/t25-,26-,27+,28+,29+/m1/s1. The Balaban J connectivity index is 1.35. The summed E-state index contributed by atoms with van der Waals surface area (Å²) in [7, 11) is 0. The molecule has 2 aliphatic rings. The van der Waals surface area contributed by atoms with Gasteiger partial charge in [-0.25, -0.2) is 0 Å². The van der Waals surface area contributed by atoms with Crippen molar-refractivity contribution in [2.45, 2.75) is 70.2 Å². The first kappa shape index (κ1) is 25.1. The molecule has 5 rings (SSSR count). The normalized spacial score (nSPS) is 27.0. The lowest BCUT2D eigenvalue weighted by atomic mass is 9.98. The second-order valence-electron chi connectivity index (χ2n) is 9.67. The van der Waals surface area contributed by atoms with Crippen LogP contribution in [0.15, 0.2) is 91.0 Å². The van der Waals surface area contributed by atoms with Gasteiger partial charge in [0.05, 0.1) is 26.4 Å². The molecule has 0 N–H and O–H groups in total. The first-order chi connectivity index (χ1) is 17.6. The van der Waals surface area contributed by atoms with Crippen LogP contribution in [0.1, 0.15) is 30.5 Å². The highest BCUT2D eigenvalue weighted by atomic mass is 16.8. The van der Waals surface area contributed by atoms with Crippen molar-refractivity contribution in [3.8, 4) is 0 Å². The highest BCUT2D eigenvalue weighted by molar-refractivity contribution is 5.15. The fraction of sp³-hybridized carbons (Fsp3) is 0.400. The third-order valence-corrected chi connectivity index (χ3v) is 6.38. The van der Waals surface area contributed by atoms with E-state index in [0.29, 0.717) is 26.4 Å². The van der Waals surface area contributed by atoms with Crippen molar-refractivity contribution in [3.05, 3.63) is 108 Å². The number of fused-ring (bicyclic) bond motifs is 1. The van der Waals surface area contributed by atoms with Crippen LogP contribution in [0.4, 0.5) is 0 Å². The second-order valence-corrected chi connectivity index (χ2v) is 9.67. The molecule has 0 aliphatic carbocycles. The molecule has 3 aromatic rings. The Morgan fingerprint density at radius 1 is 0.639 bits per heavy atom. The van der Waals surface area contributed by atoms with Crippen LogP contribution in [0, 0.1) is 0 Å². The summed E-state index contributed by atoms with van der Waals surface area (Å²) < 4.78 is 37.9. The van der Waals surface area contributed by atoms with Crippen molar-refractivity contribution in [2.24, 2.45) is 0 Å². The van der Waals surface area contributed by atoms with Gasteiger partial charge in [0, 0.05) is 0 Å². The number of ether oxygens (including phenoxy) is 6. The van der Waals surface area contributed by atoms with E-state index in [1.54, 1.807) is 0 Å². The van der Waals surface area contributed by atoms with Gasteiger partial charge in [0.15, 0.2) is 12.1 Å². The van der Waals surface area contributed by atoms with Crippen LogP contribution < -0.4 is 0 Å². The molecule has 2 heterocycles. The van der Waals surface area contributed by atoms with E-state index < -0.39 is 36.5 Å². The molecule has 0 radical (unpaired) electrons. The summed E-state index contributed by atoms with van der Waals surface area (Å²) in [4.78, 5) is 0. The average molecular weight is 491 g/mol. The van der Waals surface area contributed by atoms with Crippen LogP contribution in [-0.2, 0) is 48.2 Å². The van der Waals surface area contributed by atoms with E-state index in [2.05, 4.69) is 0 Å². The van der Waals surface area contributed by atoms with Crippen LogP contribution in [-0.4, -0.2) is 43.1 Å². The van der Waals surface area contributed by atoms with Crippen LogP contribution >= 0.6 is 0 Å². The van der Waals surface area contributed by atoms with Gasteiger partial charge in [-0.3, -0.25) is 0 Å². The summed E-state index contributed by atoms with van der Waals surface area (Å²) in [6.45, 7) is 5.47. The third-order valence-electron chi connectivity index (χ3n) is 6.38. The van der Waals surface area contributed by atoms with Gasteiger partial charge in [0.1, 0.15) is 24.4 Å². The third kappa shape index (κ3) is 6.40. The number of hydrogen-bond donors (Lipinski definition) is 0. The zero-order valence-corrected chi connectivity index (χ0v) is 20.8. The molecule has 6 nitrogen and oxygen atoms in total. The Hall–Kier alpha value is -2.58. The number of rotatable bonds is 10. The van der Waals surface area contributed by atoms with E-state index in [0.717, 1.165) is 16.7 Å². The average Bonchev–Trinajstić information content (AvgIpc) is 3.21. The number of benzene rings is 3. The van der Waals surface area contributed by atoms with E-state index in [1.165, 1.54) is 0 Å². The summed E-state index contributed by atoms with van der Waals surface area (Å²) in [6.07, 6.45) is -2.20. The van der Waals surface area contributed by atoms with Gasteiger partial charge in [-0.15, -0.1) is 0 Å². The quantitative estimate of drug-likeness (QED) is 0.387. The molecule has 0 bridgehead atoms. The molecule has 0 amide bonds. The zero-order chi connectivity index (χ0) is 24.8. The Morgan fingerprint density at radius 3 is 1.69 bits per heavy atom. The van der Waals surface area contributed by atoms with Crippen molar-refractivity contribution in [1.29, 1.82) is 0 Å². The molecule has 2 aliphatic heterocycles. The first-order valence-electron chi connectivity index (χ1n) is 12.5. The van der Waals surface area contributed by atoms with E-state index in [4.69, 9.17) is 28.4 Å². The van der Waals surface area contributed by atoms with Crippen molar-refractivity contribution in [1.82, 2.24) is 0 Å². The topological polar surface area (TPSA) is 55.4 Å². The van der Waals surface area contributed by atoms with E-state index >= 15 is 0 Å². The summed E-state index contributed by atoms with van der Waals surface area (Å²) in [5.41, 5.74) is 3.26.